The number of aliphatic hydroxyl groups excluding tert-OH is 1. The molecular formula is C13H18O2. The second kappa shape index (κ2) is 5.29. The SMILES string of the molecule is OCCCc1ccc(C2CCOC2)cc1. The first-order valence-electron chi connectivity index (χ1n) is 5.67. The molecule has 0 spiro atoms. The van der Waals surface area contributed by atoms with Crippen molar-refractivity contribution in [3.8, 4) is 0 Å². The standard InChI is InChI=1S/C13H18O2/c14-8-1-2-11-3-5-12(6-4-11)13-7-9-15-10-13/h3-6,13-14H,1-2,7-10H2. The average molecular weight is 206 g/mol. The van der Waals surface area contributed by atoms with Crippen LogP contribution in [0.2, 0.25) is 0 Å². The average Bonchev–Trinajstić information content (AvgIpc) is 2.80. The van der Waals surface area contributed by atoms with Gasteiger partial charge in [0.2, 0.25) is 0 Å². The number of ether oxygens (including phenoxy) is 1. The van der Waals surface area contributed by atoms with Gasteiger partial charge in [-0.25, -0.2) is 0 Å². The lowest BCUT2D eigenvalue weighted by Gasteiger charge is -2.08. The van der Waals surface area contributed by atoms with Crippen LogP contribution in [0.1, 0.15) is 29.9 Å². The topological polar surface area (TPSA) is 29.5 Å². The van der Waals surface area contributed by atoms with Crippen molar-refractivity contribution in [1.82, 2.24) is 0 Å². The first-order chi connectivity index (χ1) is 7.40. The van der Waals surface area contributed by atoms with E-state index in [-0.39, 0.29) is 6.61 Å². The van der Waals surface area contributed by atoms with Gasteiger partial charge in [-0.3, -0.25) is 0 Å². The Morgan fingerprint density at radius 1 is 1.27 bits per heavy atom. The minimum atomic E-state index is 0.276. The highest BCUT2D eigenvalue weighted by Crippen LogP contribution is 2.25. The number of benzene rings is 1. The van der Waals surface area contributed by atoms with Crippen LogP contribution in [0, 0.1) is 0 Å². The maximum absolute atomic E-state index is 8.74. The van der Waals surface area contributed by atoms with Gasteiger partial charge < -0.3 is 9.84 Å². The molecule has 0 aliphatic carbocycles. The fraction of sp³-hybridized carbons (Fsp3) is 0.538. The van der Waals surface area contributed by atoms with Crippen LogP contribution in [0.15, 0.2) is 24.3 Å². The Morgan fingerprint density at radius 2 is 2.07 bits per heavy atom. The van der Waals surface area contributed by atoms with Crippen LogP contribution < -0.4 is 0 Å². The van der Waals surface area contributed by atoms with Crippen LogP contribution in [-0.2, 0) is 11.2 Å². The molecule has 82 valence electrons. The summed E-state index contributed by atoms with van der Waals surface area (Å²) in [7, 11) is 0. The summed E-state index contributed by atoms with van der Waals surface area (Å²) in [6.45, 7) is 2.05. The van der Waals surface area contributed by atoms with E-state index in [4.69, 9.17) is 9.84 Å². The van der Waals surface area contributed by atoms with E-state index in [9.17, 15) is 0 Å². The summed E-state index contributed by atoms with van der Waals surface area (Å²) in [5, 5.41) is 8.74. The van der Waals surface area contributed by atoms with Gasteiger partial charge in [0.05, 0.1) is 6.61 Å². The van der Waals surface area contributed by atoms with E-state index in [0.29, 0.717) is 5.92 Å². The summed E-state index contributed by atoms with van der Waals surface area (Å²) >= 11 is 0. The smallest absolute Gasteiger partial charge is 0.0535 e. The fourth-order valence-electron chi connectivity index (χ4n) is 2.04. The zero-order valence-electron chi connectivity index (χ0n) is 8.98. The van der Waals surface area contributed by atoms with Crippen molar-refractivity contribution in [3.05, 3.63) is 35.4 Å². The van der Waals surface area contributed by atoms with Crippen molar-refractivity contribution in [2.75, 3.05) is 19.8 Å². The van der Waals surface area contributed by atoms with Crippen LogP contribution in [-0.4, -0.2) is 24.9 Å². The predicted octanol–water partition coefficient (Wildman–Crippen LogP) is 2.12. The highest BCUT2D eigenvalue weighted by molar-refractivity contribution is 5.26. The van der Waals surface area contributed by atoms with Crippen LogP contribution in [0.4, 0.5) is 0 Å². The van der Waals surface area contributed by atoms with E-state index < -0.39 is 0 Å². The van der Waals surface area contributed by atoms with E-state index in [1.807, 2.05) is 0 Å². The van der Waals surface area contributed by atoms with Gasteiger partial charge >= 0.3 is 0 Å². The molecule has 0 radical (unpaired) electrons. The van der Waals surface area contributed by atoms with E-state index in [0.717, 1.165) is 32.5 Å². The molecule has 0 saturated carbocycles. The number of hydrogen-bond acceptors (Lipinski definition) is 2. The van der Waals surface area contributed by atoms with Gasteiger partial charge in [0.25, 0.3) is 0 Å². The number of rotatable bonds is 4. The number of aliphatic hydroxyl groups is 1. The summed E-state index contributed by atoms with van der Waals surface area (Å²) in [6.07, 6.45) is 2.97. The lowest BCUT2D eigenvalue weighted by atomic mass is 9.97. The normalized spacial score (nSPS) is 20.7. The third-order valence-electron chi connectivity index (χ3n) is 3.00. The lowest BCUT2D eigenvalue weighted by Crippen LogP contribution is -1.97. The first kappa shape index (κ1) is 10.7. The molecule has 0 bridgehead atoms. The Bertz CT molecular complexity index is 286. The molecule has 2 rings (SSSR count). The third kappa shape index (κ3) is 2.80. The predicted molar refractivity (Wildman–Crippen MR) is 60.0 cm³/mol. The Labute approximate surface area is 90.9 Å². The van der Waals surface area contributed by atoms with Crippen LogP contribution in [0.3, 0.4) is 0 Å². The van der Waals surface area contributed by atoms with Gasteiger partial charge in [0.1, 0.15) is 0 Å². The summed E-state index contributed by atoms with van der Waals surface area (Å²) in [6, 6.07) is 8.74. The fourth-order valence-corrected chi connectivity index (χ4v) is 2.04. The Kier molecular flexibility index (Phi) is 3.75. The molecule has 1 aromatic carbocycles. The Balaban J connectivity index is 1.96. The van der Waals surface area contributed by atoms with Crippen LogP contribution in [0.25, 0.3) is 0 Å². The summed E-state index contributed by atoms with van der Waals surface area (Å²) in [5.74, 6) is 0.594. The quantitative estimate of drug-likeness (QED) is 0.817. The molecule has 1 aliphatic rings. The van der Waals surface area contributed by atoms with Gasteiger partial charge in [-0.05, 0) is 30.4 Å². The van der Waals surface area contributed by atoms with Gasteiger partial charge in [0.15, 0.2) is 0 Å². The lowest BCUT2D eigenvalue weighted by molar-refractivity contribution is 0.194. The van der Waals surface area contributed by atoms with Gasteiger partial charge in [-0.1, -0.05) is 24.3 Å². The van der Waals surface area contributed by atoms with Crippen molar-refractivity contribution in [2.24, 2.45) is 0 Å². The highest BCUT2D eigenvalue weighted by Gasteiger charge is 2.17. The van der Waals surface area contributed by atoms with Crippen molar-refractivity contribution in [3.63, 3.8) is 0 Å². The maximum Gasteiger partial charge on any atom is 0.0535 e. The molecule has 0 amide bonds. The second-order valence-electron chi connectivity index (χ2n) is 4.13. The molecule has 1 fully saturated rings. The van der Waals surface area contributed by atoms with E-state index in [2.05, 4.69) is 24.3 Å². The zero-order chi connectivity index (χ0) is 10.5. The summed E-state index contributed by atoms with van der Waals surface area (Å²) in [5.41, 5.74) is 2.70. The molecule has 0 aromatic heterocycles. The molecule has 1 unspecified atom stereocenters. The zero-order valence-corrected chi connectivity index (χ0v) is 8.98. The second-order valence-corrected chi connectivity index (χ2v) is 4.13. The van der Waals surface area contributed by atoms with E-state index in [1.165, 1.54) is 11.1 Å². The van der Waals surface area contributed by atoms with Crippen molar-refractivity contribution in [2.45, 2.75) is 25.2 Å². The number of hydrogen-bond donors (Lipinski definition) is 1. The number of aryl methyl sites for hydroxylation is 1. The molecule has 15 heavy (non-hydrogen) atoms. The molecule has 2 nitrogen and oxygen atoms in total. The molecule has 2 heteroatoms. The largest absolute Gasteiger partial charge is 0.396 e. The highest BCUT2D eigenvalue weighted by atomic mass is 16.5. The monoisotopic (exact) mass is 206 g/mol. The van der Waals surface area contributed by atoms with E-state index >= 15 is 0 Å². The molecule has 1 atom stereocenters. The van der Waals surface area contributed by atoms with Crippen LogP contribution >= 0.6 is 0 Å². The minimum Gasteiger partial charge on any atom is -0.396 e. The van der Waals surface area contributed by atoms with Gasteiger partial charge in [-0.15, -0.1) is 0 Å². The van der Waals surface area contributed by atoms with Crippen molar-refractivity contribution in [1.29, 1.82) is 0 Å². The van der Waals surface area contributed by atoms with Crippen molar-refractivity contribution < 1.29 is 9.84 Å². The maximum atomic E-state index is 8.74. The molecule has 1 aromatic rings. The first-order valence-corrected chi connectivity index (χ1v) is 5.67. The molecule has 1 N–H and O–H groups in total. The van der Waals surface area contributed by atoms with E-state index in [1.54, 1.807) is 0 Å². The summed E-state index contributed by atoms with van der Waals surface area (Å²) in [4.78, 5) is 0. The van der Waals surface area contributed by atoms with Crippen LogP contribution in [0.5, 0.6) is 0 Å². The Hall–Kier alpha value is -0.860. The van der Waals surface area contributed by atoms with Gasteiger partial charge in [0, 0.05) is 19.1 Å². The molecule has 1 aliphatic heterocycles. The molecule has 1 heterocycles. The minimum absolute atomic E-state index is 0.276. The molecule has 1 saturated heterocycles. The Morgan fingerprint density at radius 3 is 2.67 bits per heavy atom. The van der Waals surface area contributed by atoms with Gasteiger partial charge in [-0.2, -0.15) is 0 Å². The van der Waals surface area contributed by atoms with Crippen molar-refractivity contribution >= 4 is 0 Å². The summed E-state index contributed by atoms with van der Waals surface area (Å²) < 4.78 is 5.37. The third-order valence-corrected chi connectivity index (χ3v) is 3.00. The molecular weight excluding hydrogens is 188 g/mol.